The zero-order valence-electron chi connectivity index (χ0n) is 42.7. The summed E-state index contributed by atoms with van der Waals surface area (Å²) in [6.45, 7) is 4.30. The third kappa shape index (κ3) is 31.3. The van der Waals surface area contributed by atoms with Crippen LogP contribution in [0, 0.1) is 5.92 Å². The minimum Gasteiger partial charge on any atom is -0.462 e. The van der Waals surface area contributed by atoms with Gasteiger partial charge in [-0.15, -0.1) is 0 Å². The fraction of sp³-hybridized carbons (Fsp3) is 0.780. The number of aromatic nitrogens is 2. The van der Waals surface area contributed by atoms with Gasteiger partial charge in [0.15, 0.2) is 18.1 Å². The Morgan fingerprint density at radius 1 is 0.746 bits per heavy atom. The van der Waals surface area contributed by atoms with Gasteiger partial charge in [0.05, 0.1) is 13.2 Å². The summed E-state index contributed by atoms with van der Waals surface area (Å²) < 4.78 is 56.8. The summed E-state index contributed by atoms with van der Waals surface area (Å²) in [6, 6.07) is 1.24. The molecule has 2 unspecified atom stereocenters. The van der Waals surface area contributed by atoms with Gasteiger partial charge in [0.25, 0.3) is 0 Å². The van der Waals surface area contributed by atoms with Crippen molar-refractivity contribution in [2.24, 2.45) is 5.92 Å². The van der Waals surface area contributed by atoms with E-state index in [1.54, 1.807) is 12.2 Å². The average molecular weight is 1050 g/mol. The lowest BCUT2D eigenvalue weighted by atomic mass is 10.0. The first-order valence-electron chi connectivity index (χ1n) is 26.2. The second-order valence-electron chi connectivity index (χ2n) is 18.9. The summed E-state index contributed by atoms with van der Waals surface area (Å²) >= 11 is 0. The van der Waals surface area contributed by atoms with E-state index in [-0.39, 0.29) is 24.4 Å². The number of esters is 2. The molecule has 0 amide bonds. The van der Waals surface area contributed by atoms with Crippen molar-refractivity contribution < 1.29 is 71.1 Å². The molecule has 1 aliphatic rings. The first kappa shape index (κ1) is 64.0. The highest BCUT2D eigenvalue weighted by Crippen LogP contribution is 2.60. The van der Waals surface area contributed by atoms with Crippen molar-refractivity contribution in [2.45, 2.75) is 225 Å². The van der Waals surface area contributed by atoms with E-state index in [1.807, 2.05) is 12.2 Å². The Morgan fingerprint density at radius 3 is 1.89 bits per heavy atom. The van der Waals surface area contributed by atoms with Crippen molar-refractivity contribution in [1.29, 1.82) is 0 Å². The molecule has 71 heavy (non-hydrogen) atoms. The number of ether oxygens (including phenoxy) is 3. The van der Waals surface area contributed by atoms with Gasteiger partial charge in [0.1, 0.15) is 30.7 Å². The SMILES string of the molecule is CCCCCC(=O)/C=C/C=C\CCCCCCCC(=O)OC[C@H](COP(=O)(O)OP(=O)(O)OC[C@H]1O[C@@H](n2ccc(N)nc2=O)[C@H](O)[C@@H]1O)OC(=O)CCCCCCCCCCCCCCCCC(C)C. The molecular formula is C50H87N3O16P2. The number of hydrogen-bond acceptors (Lipinski definition) is 16. The summed E-state index contributed by atoms with van der Waals surface area (Å²) in [4.78, 5) is 73.8. The van der Waals surface area contributed by atoms with E-state index in [9.17, 15) is 48.3 Å². The molecule has 1 aromatic rings. The van der Waals surface area contributed by atoms with E-state index >= 15 is 0 Å². The molecule has 2 heterocycles. The van der Waals surface area contributed by atoms with Crippen LogP contribution in [-0.4, -0.2) is 91.5 Å². The zero-order valence-corrected chi connectivity index (χ0v) is 44.5. The second kappa shape index (κ2) is 37.6. The third-order valence-electron chi connectivity index (χ3n) is 11.9. The topological polar surface area (TPSA) is 283 Å². The van der Waals surface area contributed by atoms with Crippen molar-refractivity contribution in [3.8, 4) is 0 Å². The fourth-order valence-electron chi connectivity index (χ4n) is 7.83. The number of phosphoric acid groups is 2. The molecule has 0 spiro atoms. The predicted molar refractivity (Wildman–Crippen MR) is 271 cm³/mol. The number of phosphoric ester groups is 2. The first-order chi connectivity index (χ1) is 33.9. The Balaban J connectivity index is 1.80. The predicted octanol–water partition coefficient (Wildman–Crippen LogP) is 10.0. The van der Waals surface area contributed by atoms with Crippen molar-refractivity contribution in [3.05, 3.63) is 47.1 Å². The number of carbonyl (C=O) groups is 3. The molecular weight excluding hydrogens is 961 g/mol. The van der Waals surface area contributed by atoms with Gasteiger partial charge in [-0.05, 0) is 50.2 Å². The number of nitrogens with two attached hydrogens (primary N) is 1. The standard InChI is InChI=1S/C50H87N3O16P2/c1-4-5-25-31-41(54)32-27-22-18-14-12-16-19-23-28-33-45(55)64-37-42(67-46(56)34-29-24-20-15-11-9-7-6-8-10-13-17-21-26-30-40(2)3)38-65-70(60,61)69-71(62,63)66-39-43-47(57)48(58)49(68-43)53-36-35-44(51)52-50(53)59/h18,22,27,32,35-36,40,42-43,47-49,57-58H,4-17,19-21,23-26,28-31,33-34,37-39H2,1-3H3,(H,60,61)(H,62,63)(H2,51,52,59)/b22-18-,32-27+/t42-,43-,47-,48-,49-/m1/s1. The van der Waals surface area contributed by atoms with Gasteiger partial charge < -0.3 is 39.9 Å². The molecule has 0 aliphatic carbocycles. The molecule has 0 saturated carbocycles. The van der Waals surface area contributed by atoms with E-state index in [1.165, 1.54) is 70.3 Å². The molecule has 7 atom stereocenters. The summed E-state index contributed by atoms with van der Waals surface area (Å²) in [5.74, 6) is -0.431. The van der Waals surface area contributed by atoms with Gasteiger partial charge >= 0.3 is 33.3 Å². The monoisotopic (exact) mass is 1050 g/mol. The summed E-state index contributed by atoms with van der Waals surface area (Å²) in [7, 11) is -10.9. The molecule has 0 aromatic carbocycles. The van der Waals surface area contributed by atoms with Crippen molar-refractivity contribution >= 4 is 39.2 Å². The van der Waals surface area contributed by atoms with Crippen LogP contribution >= 0.6 is 15.6 Å². The van der Waals surface area contributed by atoms with Crippen molar-refractivity contribution in [3.63, 3.8) is 0 Å². The van der Waals surface area contributed by atoms with E-state index < -0.39 is 83.7 Å². The number of allylic oxidation sites excluding steroid dienone is 4. The molecule has 1 aromatic heterocycles. The molecule has 1 fully saturated rings. The Morgan fingerprint density at radius 2 is 1.30 bits per heavy atom. The average Bonchev–Trinajstić information content (AvgIpc) is 3.59. The number of anilines is 1. The fourth-order valence-corrected chi connectivity index (χ4v) is 9.94. The molecule has 19 nitrogen and oxygen atoms in total. The lowest BCUT2D eigenvalue weighted by Gasteiger charge is -2.21. The molecule has 2 rings (SSSR count). The largest absolute Gasteiger partial charge is 0.481 e. The van der Waals surface area contributed by atoms with Crippen LogP contribution in [0.5, 0.6) is 0 Å². The number of aliphatic hydroxyl groups is 2. The van der Waals surface area contributed by atoms with Crippen LogP contribution < -0.4 is 11.4 Å². The van der Waals surface area contributed by atoms with Crippen LogP contribution in [0.25, 0.3) is 0 Å². The van der Waals surface area contributed by atoms with Crippen LogP contribution in [0.15, 0.2) is 41.4 Å². The summed E-state index contributed by atoms with van der Waals surface area (Å²) in [5.41, 5.74) is 4.58. The van der Waals surface area contributed by atoms with E-state index in [0.717, 1.165) is 93.7 Å². The smallest absolute Gasteiger partial charge is 0.462 e. The van der Waals surface area contributed by atoms with Crippen LogP contribution in [0.1, 0.15) is 200 Å². The minimum absolute atomic E-state index is 0.0360. The normalized spacial score (nSPS) is 19.3. The maximum Gasteiger partial charge on any atom is 0.481 e. The molecule has 408 valence electrons. The summed E-state index contributed by atoms with van der Waals surface area (Å²) in [5, 5.41) is 20.9. The summed E-state index contributed by atoms with van der Waals surface area (Å²) in [6.07, 6.45) is 26.7. The van der Waals surface area contributed by atoms with Crippen LogP contribution in [0.4, 0.5) is 5.82 Å². The van der Waals surface area contributed by atoms with E-state index in [0.29, 0.717) is 19.3 Å². The highest BCUT2D eigenvalue weighted by atomic mass is 31.3. The highest BCUT2D eigenvalue weighted by molar-refractivity contribution is 7.61. The minimum atomic E-state index is -5.44. The zero-order chi connectivity index (χ0) is 52.3. The molecule has 0 bridgehead atoms. The Bertz CT molecular complexity index is 1860. The number of aliphatic hydroxyl groups excluding tert-OH is 2. The van der Waals surface area contributed by atoms with Crippen LogP contribution in [0.2, 0.25) is 0 Å². The van der Waals surface area contributed by atoms with Gasteiger partial charge in [-0.2, -0.15) is 9.29 Å². The third-order valence-corrected chi connectivity index (χ3v) is 14.5. The number of nitrogens with zero attached hydrogens (tertiary/aromatic N) is 2. The molecule has 0 radical (unpaired) electrons. The van der Waals surface area contributed by atoms with E-state index in [2.05, 4.69) is 30.1 Å². The lowest BCUT2D eigenvalue weighted by Crippen LogP contribution is -2.36. The quantitative estimate of drug-likeness (QED) is 0.0134. The number of nitrogen functional groups attached to an aromatic ring is 1. The highest BCUT2D eigenvalue weighted by Gasteiger charge is 2.46. The maximum absolute atomic E-state index is 12.9. The van der Waals surface area contributed by atoms with Crippen molar-refractivity contribution in [2.75, 3.05) is 25.6 Å². The first-order valence-corrected chi connectivity index (χ1v) is 29.2. The molecule has 6 N–H and O–H groups in total. The van der Waals surface area contributed by atoms with Gasteiger partial charge in [0, 0.05) is 25.5 Å². The van der Waals surface area contributed by atoms with Crippen LogP contribution in [0.3, 0.4) is 0 Å². The lowest BCUT2D eigenvalue weighted by molar-refractivity contribution is -0.161. The second-order valence-corrected chi connectivity index (χ2v) is 21.9. The number of carbonyl (C=O) groups excluding carboxylic acids is 3. The van der Waals surface area contributed by atoms with Gasteiger partial charge in [-0.3, -0.25) is 28.0 Å². The Kier molecular flexibility index (Phi) is 33.9. The van der Waals surface area contributed by atoms with Crippen molar-refractivity contribution in [1.82, 2.24) is 9.55 Å². The van der Waals surface area contributed by atoms with E-state index in [4.69, 9.17) is 29.0 Å². The number of hydrogen-bond donors (Lipinski definition) is 5. The van der Waals surface area contributed by atoms with Crippen LogP contribution in [-0.2, 0) is 51.1 Å². The van der Waals surface area contributed by atoms with Gasteiger partial charge in [0.2, 0.25) is 0 Å². The molecule has 21 heteroatoms. The number of unbranched alkanes of at least 4 members (excludes halogenated alkanes) is 20. The molecule has 1 aliphatic heterocycles. The Hall–Kier alpha value is -3.09. The number of ketones is 1. The number of rotatable bonds is 43. The molecule has 1 saturated heterocycles. The van der Waals surface area contributed by atoms with Gasteiger partial charge in [-0.25, -0.2) is 13.9 Å². The Labute approximate surface area is 421 Å². The maximum atomic E-state index is 12.9. The van der Waals surface area contributed by atoms with Gasteiger partial charge in [-0.1, -0.05) is 161 Å².